The van der Waals surface area contributed by atoms with E-state index in [-0.39, 0.29) is 29.9 Å². The predicted octanol–water partition coefficient (Wildman–Crippen LogP) is 2.71. The second-order valence-electron chi connectivity index (χ2n) is 7.16. The highest BCUT2D eigenvalue weighted by Crippen LogP contribution is 2.22. The number of carbonyl (C=O) groups is 1. The quantitative estimate of drug-likeness (QED) is 0.239. The maximum absolute atomic E-state index is 12.2. The highest BCUT2D eigenvalue weighted by Gasteiger charge is 2.30. The monoisotopic (exact) mass is 569 g/mol. The predicted molar refractivity (Wildman–Crippen MR) is 133 cm³/mol. The molecule has 0 aliphatic carbocycles. The zero-order valence-corrected chi connectivity index (χ0v) is 21.0. The van der Waals surface area contributed by atoms with Crippen molar-refractivity contribution in [1.82, 2.24) is 20.4 Å². The first-order chi connectivity index (χ1) is 14.1. The number of aliphatic imine (C=N–C) groups is 1. The number of nitrogens with one attached hydrogen (secondary N) is 2. The van der Waals surface area contributed by atoms with Gasteiger partial charge in [-0.25, -0.2) is 0 Å². The first-order valence-corrected chi connectivity index (χ1v) is 10.9. The molecule has 1 aromatic carbocycles. The Morgan fingerprint density at radius 2 is 1.97 bits per heavy atom. The number of hydrogen-bond acceptors (Lipinski definition) is 4. The van der Waals surface area contributed by atoms with Crippen molar-refractivity contribution in [3.05, 3.63) is 33.8 Å². The van der Waals surface area contributed by atoms with Gasteiger partial charge in [0.05, 0.1) is 29.8 Å². The molecule has 1 atom stereocenters. The summed E-state index contributed by atoms with van der Waals surface area (Å²) in [6, 6.07) is 5.41. The molecule has 1 aromatic rings. The Balaban J connectivity index is 0.00000320. The molecule has 2 aliphatic heterocycles. The van der Waals surface area contributed by atoms with Gasteiger partial charge in [0.1, 0.15) is 0 Å². The smallest absolute Gasteiger partial charge is 0.251 e. The van der Waals surface area contributed by atoms with E-state index < -0.39 is 0 Å². The molecule has 1 unspecified atom stereocenters. The van der Waals surface area contributed by atoms with Crippen molar-refractivity contribution >= 4 is 59.0 Å². The minimum Gasteiger partial charge on any atom is -0.379 e. The number of nitrogens with zero attached hydrogens (tertiary/aromatic N) is 3. The van der Waals surface area contributed by atoms with Gasteiger partial charge in [0.2, 0.25) is 0 Å². The van der Waals surface area contributed by atoms with Crippen LogP contribution >= 0.6 is 47.2 Å². The summed E-state index contributed by atoms with van der Waals surface area (Å²) in [5.74, 6) is 0.726. The van der Waals surface area contributed by atoms with Crippen LogP contribution in [0.2, 0.25) is 10.0 Å². The average Bonchev–Trinajstić information content (AvgIpc) is 3.23. The Morgan fingerprint density at radius 1 is 1.20 bits per heavy atom. The number of morpholine rings is 1. The summed E-state index contributed by atoms with van der Waals surface area (Å²) in [6.45, 7) is 9.46. The van der Waals surface area contributed by atoms with E-state index in [1.807, 2.05) is 0 Å². The van der Waals surface area contributed by atoms with E-state index >= 15 is 0 Å². The second-order valence-corrected chi connectivity index (χ2v) is 7.97. The van der Waals surface area contributed by atoms with Crippen LogP contribution in [0.5, 0.6) is 0 Å². The Labute approximate surface area is 205 Å². The summed E-state index contributed by atoms with van der Waals surface area (Å²) in [6.07, 6.45) is 1.14. The molecule has 2 aliphatic rings. The van der Waals surface area contributed by atoms with E-state index in [1.165, 1.54) is 0 Å². The summed E-state index contributed by atoms with van der Waals surface area (Å²) in [4.78, 5) is 21.8. The molecule has 2 heterocycles. The molecule has 2 saturated heterocycles. The van der Waals surface area contributed by atoms with Crippen LogP contribution in [-0.2, 0) is 4.74 Å². The number of amides is 1. The largest absolute Gasteiger partial charge is 0.379 e. The van der Waals surface area contributed by atoms with Gasteiger partial charge in [-0.3, -0.25) is 14.7 Å². The normalized spacial score (nSPS) is 20.0. The van der Waals surface area contributed by atoms with E-state index in [4.69, 9.17) is 32.9 Å². The zero-order chi connectivity index (χ0) is 20.6. The fourth-order valence-electron chi connectivity index (χ4n) is 3.67. The molecule has 10 heteroatoms. The number of halogens is 3. The maximum atomic E-state index is 12.2. The van der Waals surface area contributed by atoms with Gasteiger partial charge < -0.3 is 20.3 Å². The number of hydrogen-bond donors (Lipinski definition) is 2. The summed E-state index contributed by atoms with van der Waals surface area (Å²) >= 11 is 11.9. The van der Waals surface area contributed by atoms with Crippen LogP contribution in [0.15, 0.2) is 23.2 Å². The topological polar surface area (TPSA) is 69.2 Å². The fourth-order valence-corrected chi connectivity index (χ4v) is 3.97. The molecule has 30 heavy (non-hydrogen) atoms. The molecule has 3 rings (SSSR count). The molecule has 2 fully saturated rings. The first-order valence-electron chi connectivity index (χ1n) is 10.2. The number of rotatable bonds is 6. The maximum Gasteiger partial charge on any atom is 0.251 e. The molecule has 0 bridgehead atoms. The van der Waals surface area contributed by atoms with Crippen molar-refractivity contribution in [2.75, 3.05) is 59.0 Å². The van der Waals surface area contributed by atoms with Crippen LogP contribution < -0.4 is 10.6 Å². The Kier molecular flexibility index (Phi) is 10.9. The molecule has 0 aromatic heterocycles. The number of guanidine groups is 1. The lowest BCUT2D eigenvalue weighted by molar-refractivity contribution is 0.0195. The van der Waals surface area contributed by atoms with Gasteiger partial charge in [0.25, 0.3) is 5.91 Å². The Bertz CT molecular complexity index is 731. The third kappa shape index (κ3) is 7.12. The van der Waals surface area contributed by atoms with Gasteiger partial charge in [0, 0.05) is 50.9 Å². The molecule has 0 saturated carbocycles. The molecule has 168 valence electrons. The molecular formula is C20H30Cl2IN5O2. The third-order valence-electron chi connectivity index (χ3n) is 5.20. The van der Waals surface area contributed by atoms with Crippen molar-refractivity contribution in [3.8, 4) is 0 Å². The molecular weight excluding hydrogens is 540 g/mol. The summed E-state index contributed by atoms with van der Waals surface area (Å²) in [5.41, 5.74) is 0.489. The molecule has 0 spiro atoms. The lowest BCUT2D eigenvalue weighted by atomic mass is 10.2. The van der Waals surface area contributed by atoms with E-state index in [2.05, 4.69) is 27.4 Å². The molecule has 2 N–H and O–H groups in total. The minimum absolute atomic E-state index is 0. The number of carbonyl (C=O) groups excluding carboxylic acids is 1. The van der Waals surface area contributed by atoms with Crippen LogP contribution in [0.4, 0.5) is 0 Å². The van der Waals surface area contributed by atoms with Gasteiger partial charge in [-0.15, -0.1) is 24.0 Å². The molecule has 0 radical (unpaired) electrons. The van der Waals surface area contributed by atoms with E-state index in [0.29, 0.717) is 34.7 Å². The van der Waals surface area contributed by atoms with Crippen molar-refractivity contribution in [1.29, 1.82) is 0 Å². The molecule has 7 nitrogen and oxygen atoms in total. The van der Waals surface area contributed by atoms with Crippen LogP contribution in [-0.4, -0.2) is 86.7 Å². The van der Waals surface area contributed by atoms with Crippen molar-refractivity contribution in [3.63, 3.8) is 0 Å². The fraction of sp³-hybridized carbons (Fsp3) is 0.600. The number of benzene rings is 1. The lowest BCUT2D eigenvalue weighted by Gasteiger charge is -2.32. The van der Waals surface area contributed by atoms with Gasteiger partial charge in [-0.05, 0) is 31.5 Å². The van der Waals surface area contributed by atoms with Crippen molar-refractivity contribution < 1.29 is 9.53 Å². The highest BCUT2D eigenvalue weighted by molar-refractivity contribution is 14.0. The first kappa shape index (κ1) is 25.5. The standard InChI is InChI=1S/C20H29Cl2N5O2.HI/c1-2-23-20(27-8-5-16(14-27)26-9-11-29-12-10-26)25-7-6-24-19(28)15-3-4-17(21)18(22)13-15;/h3-4,13,16H,2,5-12,14H2,1H3,(H,23,25)(H,24,28);1H. The highest BCUT2D eigenvalue weighted by atomic mass is 127. The van der Waals surface area contributed by atoms with E-state index in [9.17, 15) is 4.79 Å². The van der Waals surface area contributed by atoms with Gasteiger partial charge in [0.15, 0.2) is 5.96 Å². The van der Waals surface area contributed by atoms with Gasteiger partial charge in [-0.1, -0.05) is 23.2 Å². The summed E-state index contributed by atoms with van der Waals surface area (Å²) in [7, 11) is 0. The number of ether oxygens (including phenoxy) is 1. The summed E-state index contributed by atoms with van der Waals surface area (Å²) < 4.78 is 5.46. The van der Waals surface area contributed by atoms with Crippen LogP contribution in [0.1, 0.15) is 23.7 Å². The number of likely N-dealkylation sites (tertiary alicyclic amines) is 1. The Hall–Kier alpha value is -0.810. The average molecular weight is 570 g/mol. The second kappa shape index (κ2) is 12.9. The molecule has 1 amide bonds. The van der Waals surface area contributed by atoms with Crippen LogP contribution in [0.25, 0.3) is 0 Å². The Morgan fingerprint density at radius 3 is 2.67 bits per heavy atom. The van der Waals surface area contributed by atoms with E-state index in [0.717, 1.165) is 58.3 Å². The third-order valence-corrected chi connectivity index (χ3v) is 5.94. The zero-order valence-electron chi connectivity index (χ0n) is 17.2. The van der Waals surface area contributed by atoms with Crippen molar-refractivity contribution in [2.45, 2.75) is 19.4 Å². The van der Waals surface area contributed by atoms with E-state index in [1.54, 1.807) is 18.2 Å². The van der Waals surface area contributed by atoms with Crippen molar-refractivity contribution in [2.24, 2.45) is 4.99 Å². The summed E-state index contributed by atoms with van der Waals surface area (Å²) in [5, 5.41) is 7.05. The minimum atomic E-state index is -0.183. The lowest BCUT2D eigenvalue weighted by Crippen LogP contribution is -2.46. The van der Waals surface area contributed by atoms with Crippen LogP contribution in [0.3, 0.4) is 0 Å². The SMILES string of the molecule is CCNC(=NCCNC(=O)c1ccc(Cl)c(Cl)c1)N1CCC(N2CCOCC2)C1.I. The van der Waals surface area contributed by atoms with Gasteiger partial charge >= 0.3 is 0 Å². The van der Waals surface area contributed by atoms with Gasteiger partial charge in [-0.2, -0.15) is 0 Å². The van der Waals surface area contributed by atoms with Crippen LogP contribution in [0, 0.1) is 0 Å².